The monoisotopic (exact) mass is 395 g/mol. The fraction of sp³-hybridized carbons (Fsp3) is 0.0476. The summed E-state index contributed by atoms with van der Waals surface area (Å²) in [6.45, 7) is 1.93. The van der Waals surface area contributed by atoms with Crippen molar-refractivity contribution < 1.29 is 4.79 Å². The minimum Gasteiger partial charge on any atom is -0.338 e. The van der Waals surface area contributed by atoms with E-state index < -0.39 is 0 Å². The number of para-hydroxylation sites is 2. The number of nitrogens with one attached hydrogen (secondary N) is 2. The number of nitrogens with zero attached hydrogens (tertiary/aromatic N) is 1. The highest BCUT2D eigenvalue weighted by atomic mass is 35.5. The first kappa shape index (κ1) is 17.6. The Bertz CT molecular complexity index is 1130. The van der Waals surface area contributed by atoms with Crippen molar-refractivity contribution in [3.8, 4) is 11.4 Å². The van der Waals surface area contributed by atoms with Crippen molar-refractivity contribution in [3.05, 3.63) is 81.8 Å². The third kappa shape index (κ3) is 3.42. The predicted octanol–water partition coefficient (Wildman–Crippen LogP) is 6.10. The molecule has 6 heteroatoms. The van der Waals surface area contributed by atoms with Gasteiger partial charge in [-0.15, -0.1) is 0 Å². The van der Waals surface area contributed by atoms with Crippen LogP contribution in [0.15, 0.2) is 60.7 Å². The quantitative estimate of drug-likeness (QED) is 0.440. The summed E-state index contributed by atoms with van der Waals surface area (Å²) in [7, 11) is 0. The summed E-state index contributed by atoms with van der Waals surface area (Å²) in [6.07, 6.45) is 0. The molecule has 0 aliphatic carbocycles. The van der Waals surface area contributed by atoms with Gasteiger partial charge in [0.15, 0.2) is 0 Å². The minimum atomic E-state index is -0.313. The minimum absolute atomic E-state index is 0.239. The van der Waals surface area contributed by atoms with E-state index in [1.54, 1.807) is 18.2 Å². The van der Waals surface area contributed by atoms with E-state index in [1.807, 2.05) is 49.4 Å². The smallest absolute Gasteiger partial charge is 0.257 e. The predicted molar refractivity (Wildman–Crippen MR) is 111 cm³/mol. The van der Waals surface area contributed by atoms with E-state index in [1.165, 1.54) is 0 Å². The van der Waals surface area contributed by atoms with E-state index in [4.69, 9.17) is 23.2 Å². The van der Waals surface area contributed by atoms with Crippen LogP contribution in [0.1, 0.15) is 15.9 Å². The molecule has 2 N–H and O–H groups in total. The standard InChI is InChI=1S/C21H15Cl2N3O/c1-12-9-10-13(20-24-16-7-2-3-8-17(16)25-20)11-18(12)26-21(27)14-5-4-6-15(22)19(14)23/h2-11H,1H3,(H,24,25)(H,26,27). The van der Waals surface area contributed by atoms with Gasteiger partial charge in [0.2, 0.25) is 0 Å². The molecule has 1 heterocycles. The van der Waals surface area contributed by atoms with Crippen LogP contribution in [0, 0.1) is 6.92 Å². The van der Waals surface area contributed by atoms with Crippen molar-refractivity contribution in [1.29, 1.82) is 0 Å². The number of rotatable bonds is 3. The van der Waals surface area contributed by atoms with Crippen LogP contribution < -0.4 is 5.32 Å². The fourth-order valence-electron chi connectivity index (χ4n) is 2.86. The maximum Gasteiger partial charge on any atom is 0.257 e. The summed E-state index contributed by atoms with van der Waals surface area (Å²) in [5, 5.41) is 3.50. The molecular formula is C21H15Cl2N3O. The van der Waals surface area contributed by atoms with Crippen LogP contribution in [0.5, 0.6) is 0 Å². The van der Waals surface area contributed by atoms with Gasteiger partial charge < -0.3 is 10.3 Å². The van der Waals surface area contributed by atoms with E-state index in [0.717, 1.165) is 28.0 Å². The van der Waals surface area contributed by atoms with Gasteiger partial charge in [-0.1, -0.05) is 53.5 Å². The lowest BCUT2D eigenvalue weighted by atomic mass is 10.1. The zero-order chi connectivity index (χ0) is 19.0. The van der Waals surface area contributed by atoms with Gasteiger partial charge in [0.05, 0.1) is 26.6 Å². The number of hydrogen-bond acceptors (Lipinski definition) is 2. The van der Waals surface area contributed by atoms with E-state index >= 15 is 0 Å². The lowest BCUT2D eigenvalue weighted by Gasteiger charge is -2.11. The van der Waals surface area contributed by atoms with Crippen LogP contribution in [-0.2, 0) is 0 Å². The molecule has 134 valence electrons. The SMILES string of the molecule is Cc1ccc(-c2nc3ccccc3[nH]2)cc1NC(=O)c1cccc(Cl)c1Cl. The van der Waals surface area contributed by atoms with Crippen LogP contribution in [0.3, 0.4) is 0 Å². The van der Waals surface area contributed by atoms with E-state index in [2.05, 4.69) is 15.3 Å². The molecule has 0 aliphatic heterocycles. The van der Waals surface area contributed by atoms with Crippen molar-refractivity contribution in [1.82, 2.24) is 9.97 Å². The first-order chi connectivity index (χ1) is 13.0. The zero-order valence-corrected chi connectivity index (χ0v) is 15.9. The van der Waals surface area contributed by atoms with E-state index in [-0.39, 0.29) is 10.9 Å². The number of aromatic nitrogens is 2. The topological polar surface area (TPSA) is 57.8 Å². The number of hydrogen-bond donors (Lipinski definition) is 2. The van der Waals surface area contributed by atoms with Gasteiger partial charge in [0.1, 0.15) is 5.82 Å². The van der Waals surface area contributed by atoms with Crippen molar-refractivity contribution in [2.24, 2.45) is 0 Å². The molecule has 1 amide bonds. The molecule has 27 heavy (non-hydrogen) atoms. The fourth-order valence-corrected chi connectivity index (χ4v) is 3.25. The van der Waals surface area contributed by atoms with Gasteiger partial charge in [-0.3, -0.25) is 4.79 Å². The average Bonchev–Trinajstić information content (AvgIpc) is 3.10. The van der Waals surface area contributed by atoms with Gasteiger partial charge in [-0.2, -0.15) is 0 Å². The number of anilines is 1. The average molecular weight is 396 g/mol. The Morgan fingerprint density at radius 3 is 2.67 bits per heavy atom. The Hall–Kier alpha value is -2.82. The normalized spacial score (nSPS) is 10.9. The number of aryl methyl sites for hydroxylation is 1. The molecule has 4 nitrogen and oxygen atoms in total. The van der Waals surface area contributed by atoms with E-state index in [9.17, 15) is 4.79 Å². The molecule has 0 radical (unpaired) electrons. The molecule has 4 aromatic rings. The van der Waals surface area contributed by atoms with Crippen LogP contribution in [-0.4, -0.2) is 15.9 Å². The van der Waals surface area contributed by atoms with Crippen LogP contribution in [0.2, 0.25) is 10.0 Å². The van der Waals surface area contributed by atoms with Crippen molar-refractivity contribution in [2.75, 3.05) is 5.32 Å². The van der Waals surface area contributed by atoms with Crippen LogP contribution >= 0.6 is 23.2 Å². The lowest BCUT2D eigenvalue weighted by Crippen LogP contribution is -2.13. The maximum atomic E-state index is 12.7. The number of benzene rings is 3. The van der Waals surface area contributed by atoms with Crippen molar-refractivity contribution >= 4 is 45.8 Å². The number of halogens is 2. The number of carbonyl (C=O) groups is 1. The molecule has 0 atom stereocenters. The second-order valence-electron chi connectivity index (χ2n) is 6.19. The molecule has 0 aliphatic rings. The highest BCUT2D eigenvalue weighted by Gasteiger charge is 2.15. The summed E-state index contributed by atoms with van der Waals surface area (Å²) < 4.78 is 0. The van der Waals surface area contributed by atoms with Crippen LogP contribution in [0.25, 0.3) is 22.4 Å². The largest absolute Gasteiger partial charge is 0.338 e. The van der Waals surface area contributed by atoms with Gasteiger partial charge in [-0.25, -0.2) is 4.98 Å². The number of amides is 1. The first-order valence-electron chi connectivity index (χ1n) is 8.34. The summed E-state index contributed by atoms with van der Waals surface area (Å²) in [5.74, 6) is 0.430. The summed E-state index contributed by atoms with van der Waals surface area (Å²) in [5.41, 5.74) is 4.69. The molecule has 0 bridgehead atoms. The third-order valence-corrected chi connectivity index (χ3v) is 5.16. The summed E-state index contributed by atoms with van der Waals surface area (Å²) in [6, 6.07) is 18.6. The Labute approximate surface area is 166 Å². The van der Waals surface area contributed by atoms with Crippen molar-refractivity contribution in [2.45, 2.75) is 6.92 Å². The van der Waals surface area contributed by atoms with E-state index in [0.29, 0.717) is 16.3 Å². The van der Waals surface area contributed by atoms with Gasteiger partial charge >= 0.3 is 0 Å². The molecule has 0 saturated carbocycles. The number of H-pyrrole nitrogens is 1. The molecule has 0 unspecified atom stereocenters. The summed E-state index contributed by atoms with van der Waals surface area (Å²) in [4.78, 5) is 20.6. The van der Waals surface area contributed by atoms with Gasteiger partial charge in [-0.05, 0) is 42.8 Å². The summed E-state index contributed by atoms with van der Waals surface area (Å²) >= 11 is 12.2. The van der Waals surface area contributed by atoms with Crippen molar-refractivity contribution in [3.63, 3.8) is 0 Å². The third-order valence-electron chi connectivity index (χ3n) is 4.34. The molecule has 4 rings (SSSR count). The molecule has 0 saturated heterocycles. The molecule has 0 fully saturated rings. The van der Waals surface area contributed by atoms with Gasteiger partial charge in [0.25, 0.3) is 5.91 Å². The van der Waals surface area contributed by atoms with Gasteiger partial charge in [0, 0.05) is 11.3 Å². The number of carbonyl (C=O) groups excluding carboxylic acids is 1. The molecule has 1 aromatic heterocycles. The number of imidazole rings is 1. The van der Waals surface area contributed by atoms with Crippen LogP contribution in [0.4, 0.5) is 5.69 Å². The lowest BCUT2D eigenvalue weighted by molar-refractivity contribution is 0.102. The number of aromatic amines is 1. The molecular weight excluding hydrogens is 381 g/mol. The molecule has 3 aromatic carbocycles. The number of fused-ring (bicyclic) bond motifs is 1. The first-order valence-corrected chi connectivity index (χ1v) is 9.09. The Balaban J connectivity index is 1.68. The Morgan fingerprint density at radius 1 is 1.04 bits per heavy atom. The Kier molecular flexibility index (Phi) is 4.60. The second-order valence-corrected chi connectivity index (χ2v) is 6.97. The maximum absolute atomic E-state index is 12.7. The molecule has 0 spiro atoms. The zero-order valence-electron chi connectivity index (χ0n) is 14.4. The second kappa shape index (κ2) is 7.06. The Morgan fingerprint density at radius 2 is 1.85 bits per heavy atom. The highest BCUT2D eigenvalue weighted by Crippen LogP contribution is 2.28. The highest BCUT2D eigenvalue weighted by molar-refractivity contribution is 6.44.